The lowest BCUT2D eigenvalue weighted by molar-refractivity contribution is 0.656. The molecule has 7 aromatic carbocycles. The van der Waals surface area contributed by atoms with Crippen molar-refractivity contribution >= 4 is 43.9 Å². The van der Waals surface area contributed by atoms with E-state index in [1.54, 1.807) is 0 Å². The van der Waals surface area contributed by atoms with Crippen molar-refractivity contribution in [2.75, 3.05) is 0 Å². The zero-order valence-electron chi connectivity index (χ0n) is 29.9. The molecule has 0 unspecified atom stereocenters. The molecular weight excluding hydrogens is 689 g/mol. The van der Waals surface area contributed by atoms with Crippen molar-refractivity contribution < 1.29 is 8.83 Å². The third kappa shape index (κ3) is 5.60. The fraction of sp³-hybridized carbons (Fsp3) is 0. The van der Waals surface area contributed by atoms with Crippen LogP contribution in [0.3, 0.4) is 0 Å². The third-order valence-corrected chi connectivity index (χ3v) is 10.3. The van der Waals surface area contributed by atoms with Crippen LogP contribution >= 0.6 is 0 Å². The number of fused-ring (bicyclic) bond motifs is 6. The van der Waals surface area contributed by atoms with Gasteiger partial charge in [0.1, 0.15) is 22.3 Å². The molecule has 0 saturated heterocycles. The number of nitrogens with zero attached hydrogens (tertiary/aromatic N) is 4. The van der Waals surface area contributed by atoms with Crippen LogP contribution in [0.15, 0.2) is 191 Å². The van der Waals surface area contributed by atoms with Gasteiger partial charge >= 0.3 is 0 Å². The molecule has 0 saturated carbocycles. The summed E-state index contributed by atoms with van der Waals surface area (Å²) in [5.74, 6) is 1.27. The summed E-state index contributed by atoms with van der Waals surface area (Å²) >= 11 is 0. The molecular formula is C50H30N4O2. The van der Waals surface area contributed by atoms with Gasteiger partial charge in [-0.1, -0.05) is 133 Å². The van der Waals surface area contributed by atoms with Gasteiger partial charge in [0.25, 0.3) is 0 Å². The van der Waals surface area contributed by atoms with Gasteiger partial charge in [0, 0.05) is 61.0 Å². The first-order chi connectivity index (χ1) is 27.7. The molecule has 11 rings (SSSR count). The number of hydrogen-bond acceptors (Lipinski definition) is 6. The van der Waals surface area contributed by atoms with E-state index >= 15 is 0 Å². The van der Waals surface area contributed by atoms with Crippen molar-refractivity contribution in [2.24, 2.45) is 0 Å². The fourth-order valence-electron chi connectivity index (χ4n) is 7.50. The Hall–Kier alpha value is -7.70. The van der Waals surface area contributed by atoms with E-state index in [1.165, 1.54) is 0 Å². The van der Waals surface area contributed by atoms with Crippen LogP contribution in [0.2, 0.25) is 0 Å². The van der Waals surface area contributed by atoms with Crippen molar-refractivity contribution in [3.63, 3.8) is 0 Å². The second kappa shape index (κ2) is 13.0. The Morgan fingerprint density at radius 1 is 0.250 bits per heavy atom. The smallest absolute Gasteiger partial charge is 0.160 e. The average Bonchev–Trinajstić information content (AvgIpc) is 3.82. The van der Waals surface area contributed by atoms with E-state index in [1.807, 2.05) is 103 Å². The molecule has 0 N–H and O–H groups in total. The van der Waals surface area contributed by atoms with Crippen molar-refractivity contribution in [1.82, 2.24) is 19.9 Å². The molecule has 0 aliphatic heterocycles. The predicted molar refractivity (Wildman–Crippen MR) is 225 cm³/mol. The number of benzene rings is 7. The largest absolute Gasteiger partial charge is 0.456 e. The summed E-state index contributed by atoms with van der Waals surface area (Å²) in [6.07, 6.45) is 0. The first kappa shape index (κ1) is 31.8. The molecule has 4 aromatic heterocycles. The second-order valence-corrected chi connectivity index (χ2v) is 13.9. The Morgan fingerprint density at radius 3 is 0.911 bits per heavy atom. The van der Waals surface area contributed by atoms with Gasteiger partial charge in [-0.05, 0) is 42.5 Å². The highest BCUT2D eigenvalue weighted by Crippen LogP contribution is 2.39. The standard InChI is InChI=1S/C50H30N4O2/c1-5-13-31(14-6-1)41-28-42(32-15-7-2-8-16-32)52-49(51-41)35-21-23-37-39-27-40-38-24-22-36(26-46(38)56-48(40)30-47(39)55-45(37)25-35)50-53-43(33-17-9-3-10-18-33)29-44(54-50)34-19-11-4-12-20-34/h1-30H. The molecule has 56 heavy (non-hydrogen) atoms. The molecule has 0 amide bonds. The van der Waals surface area contributed by atoms with Gasteiger partial charge in [-0.15, -0.1) is 0 Å². The normalized spacial score (nSPS) is 11.6. The molecule has 0 radical (unpaired) electrons. The van der Waals surface area contributed by atoms with Crippen molar-refractivity contribution in [3.05, 3.63) is 182 Å². The highest BCUT2D eigenvalue weighted by Gasteiger charge is 2.18. The van der Waals surface area contributed by atoms with Crippen LogP contribution in [0.4, 0.5) is 0 Å². The Balaban J connectivity index is 0.996. The van der Waals surface area contributed by atoms with Crippen molar-refractivity contribution in [2.45, 2.75) is 0 Å². The van der Waals surface area contributed by atoms with Gasteiger partial charge in [-0.25, -0.2) is 19.9 Å². The summed E-state index contributed by atoms with van der Waals surface area (Å²) in [5.41, 5.74) is 12.4. The highest BCUT2D eigenvalue weighted by molar-refractivity contribution is 6.15. The summed E-state index contributed by atoms with van der Waals surface area (Å²) < 4.78 is 13.0. The van der Waals surface area contributed by atoms with Crippen LogP contribution < -0.4 is 0 Å². The fourth-order valence-corrected chi connectivity index (χ4v) is 7.50. The number of rotatable bonds is 6. The molecule has 0 bridgehead atoms. The molecule has 6 nitrogen and oxygen atoms in total. The summed E-state index contributed by atoms with van der Waals surface area (Å²) in [4.78, 5) is 20.1. The quantitative estimate of drug-likeness (QED) is 0.170. The van der Waals surface area contributed by atoms with Crippen LogP contribution in [0.5, 0.6) is 0 Å². The van der Waals surface area contributed by atoms with Gasteiger partial charge in [0.15, 0.2) is 11.6 Å². The van der Waals surface area contributed by atoms with Crippen molar-refractivity contribution in [1.29, 1.82) is 0 Å². The number of aromatic nitrogens is 4. The molecule has 0 fully saturated rings. The number of hydrogen-bond donors (Lipinski definition) is 0. The Morgan fingerprint density at radius 2 is 0.571 bits per heavy atom. The lowest BCUT2D eigenvalue weighted by Crippen LogP contribution is -1.95. The van der Waals surface area contributed by atoms with Crippen molar-refractivity contribution in [3.8, 4) is 67.8 Å². The molecule has 4 heterocycles. The molecule has 0 atom stereocenters. The number of furan rings is 2. The molecule has 6 heteroatoms. The zero-order valence-corrected chi connectivity index (χ0v) is 29.9. The van der Waals surface area contributed by atoms with Crippen LogP contribution in [-0.4, -0.2) is 19.9 Å². The monoisotopic (exact) mass is 718 g/mol. The van der Waals surface area contributed by atoms with E-state index < -0.39 is 0 Å². The Labute approximate surface area is 321 Å². The maximum absolute atomic E-state index is 6.52. The van der Waals surface area contributed by atoms with Gasteiger partial charge in [0.05, 0.1) is 22.8 Å². The summed E-state index contributed by atoms with van der Waals surface area (Å²) in [7, 11) is 0. The molecule has 0 spiro atoms. The van der Waals surface area contributed by atoms with Crippen LogP contribution in [0, 0.1) is 0 Å². The maximum Gasteiger partial charge on any atom is 0.160 e. The van der Waals surface area contributed by atoms with E-state index in [4.69, 9.17) is 28.8 Å². The topological polar surface area (TPSA) is 77.8 Å². The zero-order chi connectivity index (χ0) is 37.0. The lowest BCUT2D eigenvalue weighted by Gasteiger charge is -2.09. The van der Waals surface area contributed by atoms with Gasteiger partial charge in [-0.2, -0.15) is 0 Å². The van der Waals surface area contributed by atoms with Crippen LogP contribution in [0.1, 0.15) is 0 Å². The van der Waals surface area contributed by atoms with E-state index in [9.17, 15) is 0 Å². The second-order valence-electron chi connectivity index (χ2n) is 13.9. The maximum atomic E-state index is 6.52. The van der Waals surface area contributed by atoms with Gasteiger partial charge in [-0.3, -0.25) is 0 Å². The Kier molecular flexibility index (Phi) is 7.38. The molecule has 262 valence electrons. The van der Waals surface area contributed by atoms with E-state index in [0.717, 1.165) is 100 Å². The first-order valence-corrected chi connectivity index (χ1v) is 18.5. The summed E-state index contributed by atoms with van der Waals surface area (Å²) in [5, 5.41) is 4.06. The minimum Gasteiger partial charge on any atom is -0.456 e. The summed E-state index contributed by atoms with van der Waals surface area (Å²) in [6, 6.07) is 61.5. The Bertz CT molecular complexity index is 2900. The first-order valence-electron chi connectivity index (χ1n) is 18.5. The molecule has 0 aliphatic carbocycles. The minimum atomic E-state index is 0.636. The highest BCUT2D eigenvalue weighted by atomic mass is 16.3. The van der Waals surface area contributed by atoms with E-state index in [0.29, 0.717) is 11.6 Å². The van der Waals surface area contributed by atoms with Crippen LogP contribution in [-0.2, 0) is 0 Å². The average molecular weight is 719 g/mol. The summed E-state index contributed by atoms with van der Waals surface area (Å²) in [6.45, 7) is 0. The predicted octanol–water partition coefficient (Wildman–Crippen LogP) is 13.1. The minimum absolute atomic E-state index is 0.636. The SMILES string of the molecule is c1ccc(-c2cc(-c3ccccc3)nc(-c3ccc4c(c3)oc3cc5oc6cc(-c7nc(-c8ccccc8)cc(-c8ccccc8)n7)ccc6c5cc34)n2)cc1. The third-order valence-electron chi connectivity index (χ3n) is 10.3. The molecule has 11 aromatic rings. The van der Waals surface area contributed by atoms with Gasteiger partial charge < -0.3 is 8.83 Å². The molecule has 0 aliphatic rings. The van der Waals surface area contributed by atoms with Gasteiger partial charge in [0.2, 0.25) is 0 Å². The van der Waals surface area contributed by atoms with E-state index in [2.05, 4.69) is 78.9 Å². The lowest BCUT2D eigenvalue weighted by atomic mass is 10.0. The van der Waals surface area contributed by atoms with E-state index in [-0.39, 0.29) is 0 Å². The van der Waals surface area contributed by atoms with Crippen LogP contribution in [0.25, 0.3) is 112 Å².